The number of carbonyl (C=O) groups is 1. The van der Waals surface area contributed by atoms with Crippen molar-refractivity contribution < 1.29 is 18.7 Å². The van der Waals surface area contributed by atoms with Gasteiger partial charge in [-0.2, -0.15) is 0 Å². The number of halogens is 1. The number of hydrogen-bond acceptors (Lipinski definition) is 6. The molecule has 0 spiro atoms. The Kier molecular flexibility index (Phi) is 7.66. The molecule has 162 valence electrons. The lowest BCUT2D eigenvalue weighted by molar-refractivity contribution is -0.113. The van der Waals surface area contributed by atoms with Crippen LogP contribution in [0.25, 0.3) is 0 Å². The van der Waals surface area contributed by atoms with E-state index in [9.17, 15) is 9.18 Å². The number of rotatable bonds is 10. The van der Waals surface area contributed by atoms with Gasteiger partial charge in [-0.25, -0.2) is 4.39 Å². The molecule has 0 aliphatic rings. The second-order valence-corrected chi connectivity index (χ2v) is 7.50. The Morgan fingerprint density at radius 3 is 2.68 bits per heavy atom. The summed E-state index contributed by atoms with van der Waals surface area (Å²) in [5.41, 5.74) is 1.24. The van der Waals surface area contributed by atoms with Gasteiger partial charge >= 0.3 is 0 Å². The minimum Gasteiger partial charge on any atom is -0.497 e. The zero-order valence-electron chi connectivity index (χ0n) is 17.3. The molecule has 1 aromatic heterocycles. The van der Waals surface area contributed by atoms with Crippen molar-refractivity contribution in [2.24, 2.45) is 0 Å². The monoisotopic (exact) mass is 442 g/mol. The number of aryl methyl sites for hydroxylation is 1. The van der Waals surface area contributed by atoms with Crippen molar-refractivity contribution in [3.63, 3.8) is 0 Å². The van der Waals surface area contributed by atoms with Crippen molar-refractivity contribution in [3.8, 4) is 11.5 Å². The van der Waals surface area contributed by atoms with Crippen LogP contribution >= 0.6 is 11.8 Å². The Hall–Kier alpha value is -3.33. The molecule has 9 heteroatoms. The van der Waals surface area contributed by atoms with Crippen molar-refractivity contribution in [2.75, 3.05) is 18.2 Å². The van der Waals surface area contributed by atoms with Crippen LogP contribution in [0.5, 0.6) is 11.5 Å². The van der Waals surface area contributed by atoms with Gasteiger partial charge in [-0.1, -0.05) is 23.9 Å². The van der Waals surface area contributed by atoms with Crippen LogP contribution in [0.4, 0.5) is 10.1 Å². The van der Waals surface area contributed by atoms with Crippen molar-refractivity contribution >= 4 is 23.4 Å². The lowest BCUT2D eigenvalue weighted by Gasteiger charge is -2.10. The minimum atomic E-state index is -0.402. The number of nitrogens with one attached hydrogen (secondary N) is 1. The standard InChI is InChI=1S/C22H23FN4O3S/c1-4-11-27-20(13-30-18-9-7-17(29-3)8-10-18)25-26-22(27)31-14-21(28)24-19-12-16(23)6-5-15(19)2/h4-10,12H,1,11,13-14H2,2-3H3,(H,24,28). The molecule has 1 N–H and O–H groups in total. The highest BCUT2D eigenvalue weighted by molar-refractivity contribution is 7.99. The summed E-state index contributed by atoms with van der Waals surface area (Å²) in [6.45, 7) is 6.26. The number of anilines is 1. The molecule has 3 aromatic rings. The largest absolute Gasteiger partial charge is 0.497 e. The molecule has 1 heterocycles. The molecule has 0 aliphatic carbocycles. The van der Waals surface area contributed by atoms with E-state index < -0.39 is 5.82 Å². The second-order valence-electron chi connectivity index (χ2n) is 6.56. The Morgan fingerprint density at radius 2 is 1.97 bits per heavy atom. The molecule has 0 saturated heterocycles. The Morgan fingerprint density at radius 1 is 1.23 bits per heavy atom. The molecule has 0 radical (unpaired) electrons. The van der Waals surface area contributed by atoms with Crippen molar-refractivity contribution in [2.45, 2.75) is 25.2 Å². The van der Waals surface area contributed by atoms with Gasteiger partial charge in [0.1, 0.15) is 23.9 Å². The summed E-state index contributed by atoms with van der Waals surface area (Å²) >= 11 is 1.24. The van der Waals surface area contributed by atoms with Gasteiger partial charge in [-0.05, 0) is 48.9 Å². The van der Waals surface area contributed by atoms with Crippen LogP contribution in [-0.2, 0) is 17.9 Å². The average molecular weight is 443 g/mol. The van der Waals surface area contributed by atoms with Gasteiger partial charge in [-0.15, -0.1) is 16.8 Å². The highest BCUT2D eigenvalue weighted by Gasteiger charge is 2.15. The third-order valence-electron chi connectivity index (χ3n) is 4.34. The van der Waals surface area contributed by atoms with Gasteiger partial charge in [0.15, 0.2) is 11.0 Å². The molecular weight excluding hydrogens is 419 g/mol. The van der Waals surface area contributed by atoms with E-state index in [0.29, 0.717) is 29.0 Å². The zero-order valence-corrected chi connectivity index (χ0v) is 18.1. The van der Waals surface area contributed by atoms with E-state index in [1.54, 1.807) is 38.3 Å². The van der Waals surface area contributed by atoms with E-state index in [-0.39, 0.29) is 18.3 Å². The van der Waals surface area contributed by atoms with E-state index >= 15 is 0 Å². The number of carbonyl (C=O) groups excluding carboxylic acids is 1. The lowest BCUT2D eigenvalue weighted by Crippen LogP contribution is -2.16. The molecule has 1 amide bonds. The molecule has 0 bridgehead atoms. The number of ether oxygens (including phenoxy) is 2. The number of nitrogens with zero attached hydrogens (tertiary/aromatic N) is 3. The number of aromatic nitrogens is 3. The van der Waals surface area contributed by atoms with E-state index in [4.69, 9.17) is 9.47 Å². The topological polar surface area (TPSA) is 78.3 Å². The van der Waals surface area contributed by atoms with Gasteiger partial charge in [0.25, 0.3) is 0 Å². The summed E-state index contributed by atoms with van der Waals surface area (Å²) in [6.07, 6.45) is 1.72. The molecule has 7 nitrogen and oxygen atoms in total. The molecular formula is C22H23FN4O3S. The summed E-state index contributed by atoms with van der Waals surface area (Å²) < 4.78 is 26.2. The molecule has 2 aromatic carbocycles. The first-order chi connectivity index (χ1) is 15.0. The molecule has 0 saturated carbocycles. The van der Waals surface area contributed by atoms with Gasteiger partial charge in [0.05, 0.1) is 12.9 Å². The highest BCUT2D eigenvalue weighted by Crippen LogP contribution is 2.22. The van der Waals surface area contributed by atoms with Crippen LogP contribution in [-0.4, -0.2) is 33.5 Å². The van der Waals surface area contributed by atoms with E-state index in [1.165, 1.54) is 23.9 Å². The number of hydrogen-bond donors (Lipinski definition) is 1. The van der Waals surface area contributed by atoms with Gasteiger partial charge in [0.2, 0.25) is 5.91 Å². The average Bonchev–Trinajstić information content (AvgIpc) is 3.15. The normalized spacial score (nSPS) is 10.5. The first kappa shape index (κ1) is 22.4. The molecule has 3 rings (SSSR count). The quantitative estimate of drug-likeness (QED) is 0.374. The lowest BCUT2D eigenvalue weighted by atomic mass is 10.2. The van der Waals surface area contributed by atoms with Crippen LogP contribution in [0.3, 0.4) is 0 Å². The Balaban J connectivity index is 1.61. The fourth-order valence-corrected chi connectivity index (χ4v) is 3.48. The number of benzene rings is 2. The minimum absolute atomic E-state index is 0.102. The SMILES string of the molecule is C=CCn1c(COc2ccc(OC)cc2)nnc1SCC(=O)Nc1cc(F)ccc1C. The number of thioether (sulfide) groups is 1. The molecule has 0 aliphatic heterocycles. The molecule has 0 atom stereocenters. The van der Waals surface area contributed by atoms with Gasteiger partial charge < -0.3 is 14.8 Å². The van der Waals surface area contributed by atoms with Crippen LogP contribution in [0, 0.1) is 12.7 Å². The smallest absolute Gasteiger partial charge is 0.234 e. The van der Waals surface area contributed by atoms with Crippen LogP contribution < -0.4 is 14.8 Å². The third-order valence-corrected chi connectivity index (χ3v) is 5.31. The van der Waals surface area contributed by atoms with E-state index in [0.717, 1.165) is 11.3 Å². The zero-order chi connectivity index (χ0) is 22.2. The number of methoxy groups -OCH3 is 1. The van der Waals surface area contributed by atoms with Crippen molar-refractivity contribution in [1.82, 2.24) is 14.8 Å². The van der Waals surface area contributed by atoms with Crippen LogP contribution in [0.1, 0.15) is 11.4 Å². The predicted octanol–water partition coefficient (Wildman–Crippen LogP) is 4.23. The van der Waals surface area contributed by atoms with E-state index in [1.807, 2.05) is 16.7 Å². The fourth-order valence-electron chi connectivity index (χ4n) is 2.71. The third kappa shape index (κ3) is 6.08. The van der Waals surface area contributed by atoms with Gasteiger partial charge in [0, 0.05) is 12.2 Å². The van der Waals surface area contributed by atoms with Crippen molar-refractivity contribution in [1.29, 1.82) is 0 Å². The molecule has 31 heavy (non-hydrogen) atoms. The first-order valence-electron chi connectivity index (χ1n) is 9.48. The second kappa shape index (κ2) is 10.6. The first-order valence-corrected chi connectivity index (χ1v) is 10.5. The highest BCUT2D eigenvalue weighted by atomic mass is 32.2. The number of amides is 1. The van der Waals surface area contributed by atoms with Crippen molar-refractivity contribution in [3.05, 3.63) is 72.3 Å². The Labute approximate surface area is 184 Å². The summed E-state index contributed by atoms with van der Waals surface area (Å²) in [6, 6.07) is 11.5. The fraction of sp³-hybridized carbons (Fsp3) is 0.227. The maximum absolute atomic E-state index is 13.4. The van der Waals surface area contributed by atoms with E-state index in [2.05, 4.69) is 22.1 Å². The summed E-state index contributed by atoms with van der Waals surface area (Å²) in [5, 5.41) is 11.6. The number of allylic oxidation sites excluding steroid dienone is 1. The summed E-state index contributed by atoms with van der Waals surface area (Å²) in [7, 11) is 1.60. The maximum Gasteiger partial charge on any atom is 0.234 e. The summed E-state index contributed by atoms with van der Waals surface area (Å²) in [5.74, 6) is 1.47. The Bertz CT molecular complexity index is 1050. The van der Waals surface area contributed by atoms with Gasteiger partial charge in [-0.3, -0.25) is 9.36 Å². The van der Waals surface area contributed by atoms with Crippen LogP contribution in [0.2, 0.25) is 0 Å². The molecule has 0 unspecified atom stereocenters. The predicted molar refractivity (Wildman–Crippen MR) is 118 cm³/mol. The van der Waals surface area contributed by atoms with Crippen LogP contribution in [0.15, 0.2) is 60.3 Å². The maximum atomic E-state index is 13.4. The molecule has 0 fully saturated rings. The summed E-state index contributed by atoms with van der Waals surface area (Å²) in [4.78, 5) is 12.3.